The quantitative estimate of drug-likeness (QED) is 0.283. The van der Waals surface area contributed by atoms with Gasteiger partial charge in [0.2, 0.25) is 0 Å². The predicted molar refractivity (Wildman–Crippen MR) is 115 cm³/mol. The third-order valence-electron chi connectivity index (χ3n) is 4.73. The summed E-state index contributed by atoms with van der Waals surface area (Å²) in [5.74, 6) is -0.926. The number of hydrogen-bond donors (Lipinski definition) is 1. The third-order valence-corrected chi connectivity index (χ3v) is 4.73. The summed E-state index contributed by atoms with van der Waals surface area (Å²) in [5, 5.41) is 14.7. The molecule has 0 bridgehead atoms. The summed E-state index contributed by atoms with van der Waals surface area (Å²) in [4.78, 5) is 34.5. The second-order valence-corrected chi connectivity index (χ2v) is 6.67. The van der Waals surface area contributed by atoms with Crippen LogP contribution in [0, 0.1) is 24.0 Å². The number of carbonyl (C=O) groups is 2. The van der Waals surface area contributed by atoms with Crippen molar-refractivity contribution in [2.75, 3.05) is 7.11 Å². The number of esters is 1. The molecule has 0 spiro atoms. The molecule has 3 rings (SSSR count). The fourth-order valence-electron chi connectivity index (χ4n) is 3.20. The van der Waals surface area contributed by atoms with Gasteiger partial charge in [-0.25, -0.2) is 10.2 Å². The Balaban J connectivity index is 1.81. The number of aromatic nitrogens is 1. The number of benzene rings is 2. The maximum absolute atomic E-state index is 12.2. The van der Waals surface area contributed by atoms with Crippen LogP contribution in [0.2, 0.25) is 0 Å². The summed E-state index contributed by atoms with van der Waals surface area (Å²) in [6, 6.07) is 14.2. The molecule has 0 saturated heterocycles. The Kier molecular flexibility index (Phi) is 6.25. The van der Waals surface area contributed by atoms with Crippen LogP contribution in [0.15, 0.2) is 59.7 Å². The maximum Gasteiger partial charge on any atom is 0.339 e. The van der Waals surface area contributed by atoms with Crippen LogP contribution in [0.4, 0.5) is 5.69 Å². The average Bonchev–Trinajstić information content (AvgIpc) is 3.06. The molecule has 0 saturated carbocycles. The van der Waals surface area contributed by atoms with Crippen molar-refractivity contribution in [1.82, 2.24) is 9.99 Å². The molecule has 0 aliphatic carbocycles. The van der Waals surface area contributed by atoms with Gasteiger partial charge in [0, 0.05) is 34.6 Å². The molecule has 158 valence electrons. The normalized spacial score (nSPS) is 10.8. The van der Waals surface area contributed by atoms with Crippen LogP contribution in [0.5, 0.6) is 0 Å². The zero-order chi connectivity index (χ0) is 22.5. The van der Waals surface area contributed by atoms with Gasteiger partial charge in [0.15, 0.2) is 0 Å². The molecule has 9 nitrogen and oxygen atoms in total. The summed E-state index contributed by atoms with van der Waals surface area (Å²) in [6.07, 6.45) is 1.50. The van der Waals surface area contributed by atoms with Crippen molar-refractivity contribution in [3.8, 4) is 5.69 Å². The SMILES string of the molecule is COC(=O)c1ccccc1-n1c(C)cc(/C=N\NC(=O)c2ccc([N+](=O)[O-])cc2)c1C. The number of nitro benzene ring substituents is 1. The monoisotopic (exact) mass is 420 g/mol. The molecule has 3 aromatic rings. The number of para-hydroxylation sites is 1. The van der Waals surface area contributed by atoms with Crippen LogP contribution >= 0.6 is 0 Å². The largest absolute Gasteiger partial charge is 0.465 e. The number of carbonyl (C=O) groups excluding carboxylic acids is 2. The summed E-state index contributed by atoms with van der Waals surface area (Å²) in [6.45, 7) is 3.77. The van der Waals surface area contributed by atoms with Gasteiger partial charge in [-0.05, 0) is 44.2 Å². The van der Waals surface area contributed by atoms with E-state index in [9.17, 15) is 19.7 Å². The molecule has 1 amide bonds. The van der Waals surface area contributed by atoms with E-state index in [1.807, 2.05) is 36.6 Å². The van der Waals surface area contributed by atoms with E-state index in [0.29, 0.717) is 11.3 Å². The fraction of sp³-hybridized carbons (Fsp3) is 0.136. The summed E-state index contributed by atoms with van der Waals surface area (Å²) in [7, 11) is 1.33. The molecular weight excluding hydrogens is 400 g/mol. The number of nitrogens with one attached hydrogen (secondary N) is 1. The van der Waals surface area contributed by atoms with Gasteiger partial charge in [0.25, 0.3) is 11.6 Å². The van der Waals surface area contributed by atoms with Gasteiger partial charge in [-0.2, -0.15) is 5.10 Å². The highest BCUT2D eigenvalue weighted by atomic mass is 16.6. The molecule has 0 radical (unpaired) electrons. The average molecular weight is 420 g/mol. The minimum Gasteiger partial charge on any atom is -0.465 e. The van der Waals surface area contributed by atoms with Crippen molar-refractivity contribution in [3.05, 3.63) is 92.8 Å². The summed E-state index contributed by atoms with van der Waals surface area (Å²) >= 11 is 0. The fourth-order valence-corrected chi connectivity index (χ4v) is 3.20. The van der Waals surface area contributed by atoms with Crippen molar-refractivity contribution < 1.29 is 19.2 Å². The number of nitro groups is 1. The van der Waals surface area contributed by atoms with Crippen LogP contribution in [-0.2, 0) is 4.74 Å². The number of nitrogens with zero attached hydrogens (tertiary/aromatic N) is 3. The second-order valence-electron chi connectivity index (χ2n) is 6.67. The number of hydrazone groups is 1. The van der Waals surface area contributed by atoms with E-state index >= 15 is 0 Å². The van der Waals surface area contributed by atoms with Crippen molar-refractivity contribution in [2.24, 2.45) is 5.10 Å². The van der Waals surface area contributed by atoms with Gasteiger partial charge >= 0.3 is 5.97 Å². The number of non-ortho nitro benzene ring substituents is 1. The van der Waals surface area contributed by atoms with E-state index in [4.69, 9.17) is 4.74 Å². The first-order valence-electron chi connectivity index (χ1n) is 9.28. The van der Waals surface area contributed by atoms with Crippen LogP contribution in [0.1, 0.15) is 37.7 Å². The van der Waals surface area contributed by atoms with E-state index in [1.165, 1.54) is 37.6 Å². The number of methoxy groups -OCH3 is 1. The first-order chi connectivity index (χ1) is 14.8. The zero-order valence-corrected chi connectivity index (χ0v) is 17.2. The van der Waals surface area contributed by atoms with Gasteiger partial charge in [0.05, 0.1) is 29.5 Å². The molecule has 2 aromatic carbocycles. The molecule has 1 aromatic heterocycles. The number of hydrogen-bond acceptors (Lipinski definition) is 6. The van der Waals surface area contributed by atoms with Crippen LogP contribution in [-0.4, -0.2) is 34.7 Å². The zero-order valence-electron chi connectivity index (χ0n) is 17.2. The highest BCUT2D eigenvalue weighted by Gasteiger charge is 2.17. The lowest BCUT2D eigenvalue weighted by Crippen LogP contribution is -2.17. The molecule has 0 aliphatic rings. The lowest BCUT2D eigenvalue weighted by atomic mass is 10.1. The molecule has 0 atom stereocenters. The molecule has 1 N–H and O–H groups in total. The smallest absolute Gasteiger partial charge is 0.339 e. The summed E-state index contributed by atoms with van der Waals surface area (Å²) < 4.78 is 6.78. The van der Waals surface area contributed by atoms with Gasteiger partial charge in [-0.15, -0.1) is 0 Å². The molecule has 31 heavy (non-hydrogen) atoms. The van der Waals surface area contributed by atoms with E-state index in [0.717, 1.165) is 17.0 Å². The summed E-state index contributed by atoms with van der Waals surface area (Å²) in [5.41, 5.74) is 6.12. The van der Waals surface area contributed by atoms with Gasteiger partial charge in [-0.1, -0.05) is 12.1 Å². The van der Waals surface area contributed by atoms with E-state index in [1.54, 1.807) is 12.1 Å². The Morgan fingerprint density at radius 2 is 1.81 bits per heavy atom. The molecular formula is C22H20N4O5. The predicted octanol–water partition coefficient (Wildman–Crippen LogP) is 3.55. The van der Waals surface area contributed by atoms with Gasteiger partial charge < -0.3 is 9.30 Å². The lowest BCUT2D eigenvalue weighted by molar-refractivity contribution is -0.384. The molecule has 0 fully saturated rings. The Bertz CT molecular complexity index is 1180. The minimum atomic E-state index is -0.534. The second kappa shape index (κ2) is 9.04. The Labute approximate surface area is 178 Å². The van der Waals surface area contributed by atoms with E-state index in [-0.39, 0.29) is 11.3 Å². The lowest BCUT2D eigenvalue weighted by Gasteiger charge is -2.13. The van der Waals surface area contributed by atoms with Crippen LogP contribution < -0.4 is 5.43 Å². The number of aryl methyl sites for hydroxylation is 1. The van der Waals surface area contributed by atoms with Crippen molar-refractivity contribution in [1.29, 1.82) is 0 Å². The van der Waals surface area contributed by atoms with E-state index in [2.05, 4.69) is 10.5 Å². The number of rotatable bonds is 6. The van der Waals surface area contributed by atoms with Crippen molar-refractivity contribution in [3.63, 3.8) is 0 Å². The molecule has 1 heterocycles. The molecule has 0 unspecified atom stereocenters. The molecule has 9 heteroatoms. The number of ether oxygens (including phenoxy) is 1. The first-order valence-corrected chi connectivity index (χ1v) is 9.28. The minimum absolute atomic E-state index is 0.0975. The van der Waals surface area contributed by atoms with Gasteiger partial charge in [0.1, 0.15) is 0 Å². The topological polar surface area (TPSA) is 116 Å². The van der Waals surface area contributed by atoms with Gasteiger partial charge in [-0.3, -0.25) is 14.9 Å². The van der Waals surface area contributed by atoms with E-state index < -0.39 is 16.8 Å². The standard InChI is InChI=1S/C22H20N4O5/c1-14-12-17(13-23-24-21(27)16-8-10-18(11-9-16)26(29)30)15(2)25(14)20-7-5-4-6-19(20)22(28)31-3/h4-13H,1-3H3,(H,24,27)/b23-13-. The Morgan fingerprint density at radius 1 is 1.13 bits per heavy atom. The number of amides is 1. The highest BCUT2D eigenvalue weighted by Crippen LogP contribution is 2.23. The van der Waals surface area contributed by atoms with Crippen LogP contribution in [0.25, 0.3) is 5.69 Å². The third kappa shape index (κ3) is 4.50. The van der Waals surface area contributed by atoms with Crippen LogP contribution in [0.3, 0.4) is 0 Å². The highest BCUT2D eigenvalue weighted by molar-refractivity contribution is 5.95. The van der Waals surface area contributed by atoms with Crippen molar-refractivity contribution in [2.45, 2.75) is 13.8 Å². The Morgan fingerprint density at radius 3 is 2.45 bits per heavy atom. The molecule has 0 aliphatic heterocycles. The Hall–Kier alpha value is -4.27. The maximum atomic E-state index is 12.2. The van der Waals surface area contributed by atoms with Crippen molar-refractivity contribution >= 4 is 23.8 Å². The first kappa shape index (κ1) is 21.4.